The SMILES string of the molecule is C=CCC(F)(F)C(C(C)NCC1CC1)n1cccc1. The summed E-state index contributed by atoms with van der Waals surface area (Å²) in [5, 5.41) is 3.26. The van der Waals surface area contributed by atoms with Crippen LogP contribution in [0, 0.1) is 5.92 Å². The smallest absolute Gasteiger partial charge is 0.273 e. The van der Waals surface area contributed by atoms with E-state index in [2.05, 4.69) is 11.9 Å². The molecule has 2 unspecified atom stereocenters. The molecule has 1 fully saturated rings. The predicted octanol–water partition coefficient (Wildman–Crippen LogP) is 3.63. The molecule has 0 spiro atoms. The number of nitrogens with one attached hydrogen (secondary N) is 1. The number of allylic oxidation sites excluding steroid dienone is 1. The fraction of sp³-hybridized carbons (Fsp3) is 0.600. The van der Waals surface area contributed by atoms with Gasteiger partial charge in [0.2, 0.25) is 0 Å². The van der Waals surface area contributed by atoms with E-state index in [1.807, 2.05) is 6.92 Å². The minimum Gasteiger partial charge on any atom is -0.344 e. The highest BCUT2D eigenvalue weighted by molar-refractivity contribution is 5.01. The molecule has 1 aliphatic rings. The Hall–Kier alpha value is -1.16. The van der Waals surface area contributed by atoms with E-state index in [1.54, 1.807) is 29.1 Å². The van der Waals surface area contributed by atoms with Gasteiger partial charge in [-0.15, -0.1) is 6.58 Å². The van der Waals surface area contributed by atoms with Gasteiger partial charge in [-0.05, 0) is 44.4 Å². The highest BCUT2D eigenvalue weighted by Gasteiger charge is 2.42. The van der Waals surface area contributed by atoms with Crippen molar-refractivity contribution in [1.29, 1.82) is 0 Å². The van der Waals surface area contributed by atoms with Crippen LogP contribution in [0.4, 0.5) is 8.78 Å². The molecule has 4 heteroatoms. The Labute approximate surface area is 113 Å². The van der Waals surface area contributed by atoms with Crippen LogP contribution in [0.1, 0.15) is 32.2 Å². The van der Waals surface area contributed by atoms with E-state index >= 15 is 0 Å². The average molecular weight is 268 g/mol. The van der Waals surface area contributed by atoms with Gasteiger partial charge in [-0.1, -0.05) is 6.08 Å². The topological polar surface area (TPSA) is 17.0 Å². The number of alkyl halides is 2. The van der Waals surface area contributed by atoms with Gasteiger partial charge in [-0.25, -0.2) is 8.78 Å². The van der Waals surface area contributed by atoms with Crippen molar-refractivity contribution in [1.82, 2.24) is 9.88 Å². The van der Waals surface area contributed by atoms with Crippen molar-refractivity contribution in [2.24, 2.45) is 5.92 Å². The summed E-state index contributed by atoms with van der Waals surface area (Å²) in [6.45, 7) is 6.12. The summed E-state index contributed by atoms with van der Waals surface area (Å²) in [5.41, 5.74) is 0. The van der Waals surface area contributed by atoms with Gasteiger partial charge in [-0.3, -0.25) is 0 Å². The van der Waals surface area contributed by atoms with Gasteiger partial charge in [0.15, 0.2) is 0 Å². The van der Waals surface area contributed by atoms with Crippen LogP contribution in [0.2, 0.25) is 0 Å². The molecule has 0 aliphatic heterocycles. The zero-order chi connectivity index (χ0) is 13.9. The second kappa shape index (κ2) is 5.87. The van der Waals surface area contributed by atoms with Crippen LogP contribution >= 0.6 is 0 Å². The van der Waals surface area contributed by atoms with E-state index in [9.17, 15) is 8.78 Å². The van der Waals surface area contributed by atoms with E-state index in [0.29, 0.717) is 5.92 Å². The number of hydrogen-bond acceptors (Lipinski definition) is 1. The lowest BCUT2D eigenvalue weighted by atomic mass is 9.99. The lowest BCUT2D eigenvalue weighted by molar-refractivity contribution is -0.0591. The van der Waals surface area contributed by atoms with Gasteiger partial charge in [0.05, 0.1) is 0 Å². The highest BCUT2D eigenvalue weighted by atomic mass is 19.3. The summed E-state index contributed by atoms with van der Waals surface area (Å²) in [6, 6.07) is 2.41. The summed E-state index contributed by atoms with van der Waals surface area (Å²) >= 11 is 0. The van der Waals surface area contributed by atoms with Gasteiger partial charge in [0, 0.05) is 24.9 Å². The molecular weight excluding hydrogens is 246 g/mol. The third-order valence-electron chi connectivity index (χ3n) is 3.70. The summed E-state index contributed by atoms with van der Waals surface area (Å²) in [4.78, 5) is 0. The first kappa shape index (κ1) is 14.3. The van der Waals surface area contributed by atoms with E-state index in [4.69, 9.17) is 0 Å². The Morgan fingerprint density at radius 2 is 2.05 bits per heavy atom. The molecule has 106 valence electrons. The van der Waals surface area contributed by atoms with Crippen molar-refractivity contribution < 1.29 is 8.78 Å². The maximum Gasteiger partial charge on any atom is 0.273 e. The van der Waals surface area contributed by atoms with Crippen LogP contribution in [-0.4, -0.2) is 23.1 Å². The van der Waals surface area contributed by atoms with Crippen molar-refractivity contribution >= 4 is 0 Å². The minimum absolute atomic E-state index is 0.275. The predicted molar refractivity (Wildman–Crippen MR) is 73.4 cm³/mol. The Kier molecular flexibility index (Phi) is 4.40. The van der Waals surface area contributed by atoms with E-state index in [0.717, 1.165) is 6.54 Å². The van der Waals surface area contributed by atoms with Gasteiger partial charge in [0.25, 0.3) is 5.92 Å². The van der Waals surface area contributed by atoms with E-state index in [1.165, 1.54) is 18.9 Å². The van der Waals surface area contributed by atoms with Crippen LogP contribution in [0.3, 0.4) is 0 Å². The highest BCUT2D eigenvalue weighted by Crippen LogP contribution is 2.36. The van der Waals surface area contributed by atoms with Crippen molar-refractivity contribution in [3.05, 3.63) is 37.2 Å². The molecule has 0 saturated heterocycles. The molecule has 2 atom stereocenters. The van der Waals surface area contributed by atoms with Gasteiger partial charge < -0.3 is 9.88 Å². The van der Waals surface area contributed by atoms with Crippen LogP contribution in [0.25, 0.3) is 0 Å². The summed E-state index contributed by atoms with van der Waals surface area (Å²) in [6.07, 6.45) is 6.84. The Balaban J connectivity index is 2.10. The second-order valence-corrected chi connectivity index (χ2v) is 5.47. The molecule has 1 aromatic rings. The lowest BCUT2D eigenvalue weighted by Crippen LogP contribution is -2.45. The van der Waals surface area contributed by atoms with Crippen LogP contribution in [0.5, 0.6) is 0 Å². The first-order valence-electron chi connectivity index (χ1n) is 6.89. The molecule has 19 heavy (non-hydrogen) atoms. The first-order chi connectivity index (χ1) is 9.04. The van der Waals surface area contributed by atoms with Crippen LogP contribution in [-0.2, 0) is 0 Å². The monoisotopic (exact) mass is 268 g/mol. The van der Waals surface area contributed by atoms with Crippen molar-refractivity contribution in [3.63, 3.8) is 0 Å². The molecule has 0 amide bonds. The molecule has 1 aromatic heterocycles. The number of halogens is 2. The first-order valence-corrected chi connectivity index (χ1v) is 6.89. The molecule has 0 radical (unpaired) electrons. The molecule has 2 rings (SSSR count). The van der Waals surface area contributed by atoms with Crippen LogP contribution in [0.15, 0.2) is 37.2 Å². The quantitative estimate of drug-likeness (QED) is 0.712. The third kappa shape index (κ3) is 3.66. The van der Waals surface area contributed by atoms with Gasteiger partial charge >= 0.3 is 0 Å². The fourth-order valence-electron chi connectivity index (χ4n) is 2.47. The molecule has 1 N–H and O–H groups in total. The Morgan fingerprint density at radius 3 is 2.58 bits per heavy atom. The van der Waals surface area contributed by atoms with Crippen molar-refractivity contribution in [2.45, 2.75) is 44.2 Å². The lowest BCUT2D eigenvalue weighted by Gasteiger charge is -2.33. The number of aromatic nitrogens is 1. The number of hydrogen-bond donors (Lipinski definition) is 1. The number of nitrogens with zero attached hydrogens (tertiary/aromatic N) is 1. The maximum atomic E-state index is 14.3. The minimum atomic E-state index is -2.79. The Morgan fingerprint density at radius 1 is 1.42 bits per heavy atom. The van der Waals surface area contributed by atoms with Gasteiger partial charge in [-0.2, -0.15) is 0 Å². The van der Waals surface area contributed by atoms with Gasteiger partial charge in [0.1, 0.15) is 6.04 Å². The number of rotatable bonds is 8. The van der Waals surface area contributed by atoms with E-state index in [-0.39, 0.29) is 12.5 Å². The molecule has 2 nitrogen and oxygen atoms in total. The second-order valence-electron chi connectivity index (χ2n) is 5.47. The Bertz CT molecular complexity index is 396. The standard InChI is InChI=1S/C15H22F2N2/c1-3-8-15(16,17)14(19-9-4-5-10-19)12(2)18-11-13-6-7-13/h3-5,9-10,12-14,18H,1,6-8,11H2,2H3. The van der Waals surface area contributed by atoms with Crippen molar-refractivity contribution in [2.75, 3.05) is 6.54 Å². The molecular formula is C15H22F2N2. The largest absolute Gasteiger partial charge is 0.344 e. The summed E-state index contributed by atoms with van der Waals surface area (Å²) in [7, 11) is 0. The summed E-state index contributed by atoms with van der Waals surface area (Å²) < 4.78 is 30.2. The summed E-state index contributed by atoms with van der Waals surface area (Å²) in [5.74, 6) is -2.11. The van der Waals surface area contributed by atoms with Crippen molar-refractivity contribution in [3.8, 4) is 0 Å². The average Bonchev–Trinajstić information content (AvgIpc) is 3.03. The maximum absolute atomic E-state index is 14.3. The molecule has 1 saturated carbocycles. The zero-order valence-electron chi connectivity index (χ0n) is 11.4. The fourth-order valence-corrected chi connectivity index (χ4v) is 2.47. The van der Waals surface area contributed by atoms with Crippen LogP contribution < -0.4 is 5.32 Å². The molecule has 0 bridgehead atoms. The zero-order valence-corrected chi connectivity index (χ0v) is 11.4. The normalized spacial score (nSPS) is 19.1. The molecule has 1 aliphatic carbocycles. The molecule has 1 heterocycles. The molecule has 0 aromatic carbocycles. The van der Waals surface area contributed by atoms with E-state index < -0.39 is 12.0 Å². The third-order valence-corrected chi connectivity index (χ3v) is 3.70.